The molecule has 0 aliphatic carbocycles. The molecule has 90 valence electrons. The average Bonchev–Trinajstić information content (AvgIpc) is 2.24. The number of hydrogen-bond donors (Lipinski definition) is 0. The van der Waals surface area contributed by atoms with Crippen molar-refractivity contribution in [1.82, 2.24) is 0 Å². The minimum atomic E-state index is -0.414. The van der Waals surface area contributed by atoms with E-state index in [-0.39, 0.29) is 6.61 Å². The summed E-state index contributed by atoms with van der Waals surface area (Å²) in [4.78, 5) is 11.4. The Morgan fingerprint density at radius 3 is 2.31 bits per heavy atom. The molecule has 0 spiro atoms. The Kier molecular flexibility index (Phi) is 7.21. The molecule has 0 radical (unpaired) electrons. The van der Waals surface area contributed by atoms with Crippen molar-refractivity contribution in [2.24, 2.45) is 0 Å². The SMILES string of the molecule is C=C(C)COCC(=C)C(=O)OCC(C)=CC. The Hall–Kier alpha value is -1.35. The molecule has 0 saturated carbocycles. The predicted octanol–water partition coefficient (Wildman–Crippen LogP) is 2.64. The zero-order chi connectivity index (χ0) is 12.6. The van der Waals surface area contributed by atoms with E-state index in [2.05, 4.69) is 13.2 Å². The first kappa shape index (κ1) is 14.6. The van der Waals surface area contributed by atoms with Crippen LogP contribution in [0.2, 0.25) is 0 Å². The fourth-order valence-corrected chi connectivity index (χ4v) is 0.772. The minimum Gasteiger partial charge on any atom is -0.458 e. The first-order valence-electron chi connectivity index (χ1n) is 5.16. The van der Waals surface area contributed by atoms with Gasteiger partial charge in [-0.3, -0.25) is 0 Å². The molecular weight excluding hydrogens is 204 g/mol. The van der Waals surface area contributed by atoms with Crippen LogP contribution in [0.25, 0.3) is 0 Å². The highest BCUT2D eigenvalue weighted by molar-refractivity contribution is 5.88. The summed E-state index contributed by atoms with van der Waals surface area (Å²) in [5, 5.41) is 0. The van der Waals surface area contributed by atoms with Crippen molar-refractivity contribution in [3.05, 3.63) is 36.0 Å². The zero-order valence-electron chi connectivity index (χ0n) is 10.3. The molecule has 0 heterocycles. The number of ether oxygens (including phenoxy) is 2. The highest BCUT2D eigenvalue weighted by Gasteiger charge is 2.08. The summed E-state index contributed by atoms with van der Waals surface area (Å²) in [5.74, 6) is -0.414. The van der Waals surface area contributed by atoms with E-state index in [1.165, 1.54) is 0 Å². The summed E-state index contributed by atoms with van der Waals surface area (Å²) in [6, 6.07) is 0. The highest BCUT2D eigenvalue weighted by Crippen LogP contribution is 2.00. The topological polar surface area (TPSA) is 35.5 Å². The molecule has 0 unspecified atom stereocenters. The molecule has 0 amide bonds. The maximum absolute atomic E-state index is 11.4. The Bertz CT molecular complexity index is 300. The smallest absolute Gasteiger partial charge is 0.336 e. The largest absolute Gasteiger partial charge is 0.458 e. The second-order valence-electron chi connectivity index (χ2n) is 3.76. The van der Waals surface area contributed by atoms with E-state index in [0.717, 1.165) is 11.1 Å². The summed E-state index contributed by atoms with van der Waals surface area (Å²) in [6.45, 7) is 13.9. The quantitative estimate of drug-likeness (QED) is 0.379. The first-order valence-corrected chi connectivity index (χ1v) is 5.16. The van der Waals surface area contributed by atoms with Gasteiger partial charge in [-0.2, -0.15) is 0 Å². The summed E-state index contributed by atoms with van der Waals surface area (Å²) in [6.07, 6.45) is 1.90. The van der Waals surface area contributed by atoms with E-state index in [0.29, 0.717) is 18.8 Å². The number of allylic oxidation sites excluding steroid dienone is 1. The Morgan fingerprint density at radius 2 is 1.81 bits per heavy atom. The van der Waals surface area contributed by atoms with Crippen LogP contribution in [0.1, 0.15) is 20.8 Å². The molecule has 0 N–H and O–H groups in total. The molecule has 16 heavy (non-hydrogen) atoms. The molecular formula is C13H20O3. The molecule has 3 nitrogen and oxygen atoms in total. The fourth-order valence-electron chi connectivity index (χ4n) is 0.772. The van der Waals surface area contributed by atoms with Gasteiger partial charge in [0.2, 0.25) is 0 Å². The molecule has 0 atom stereocenters. The Labute approximate surface area is 97.4 Å². The third kappa shape index (κ3) is 7.01. The molecule has 0 saturated heterocycles. The van der Waals surface area contributed by atoms with Gasteiger partial charge in [0.25, 0.3) is 0 Å². The lowest BCUT2D eigenvalue weighted by atomic mass is 10.3. The lowest BCUT2D eigenvalue weighted by Gasteiger charge is -2.08. The molecule has 0 fully saturated rings. The standard InChI is InChI=1S/C13H20O3/c1-6-11(4)8-16-13(14)12(5)9-15-7-10(2)3/h6H,2,5,7-9H2,1,3-4H3. The van der Waals surface area contributed by atoms with Gasteiger partial charge in [0, 0.05) is 0 Å². The van der Waals surface area contributed by atoms with Gasteiger partial charge in [-0.05, 0) is 26.3 Å². The van der Waals surface area contributed by atoms with Crippen molar-refractivity contribution >= 4 is 5.97 Å². The summed E-state index contributed by atoms with van der Waals surface area (Å²) < 4.78 is 10.2. The Balaban J connectivity index is 3.82. The van der Waals surface area contributed by atoms with Crippen molar-refractivity contribution < 1.29 is 14.3 Å². The molecule has 0 bridgehead atoms. The lowest BCUT2D eigenvalue weighted by Crippen LogP contribution is -2.13. The molecule has 0 aliphatic heterocycles. The van der Waals surface area contributed by atoms with Gasteiger partial charge in [0.1, 0.15) is 6.61 Å². The summed E-state index contributed by atoms with van der Waals surface area (Å²) in [7, 11) is 0. The Morgan fingerprint density at radius 1 is 1.19 bits per heavy atom. The van der Waals surface area contributed by atoms with Crippen molar-refractivity contribution in [2.45, 2.75) is 20.8 Å². The maximum Gasteiger partial charge on any atom is 0.336 e. The summed E-state index contributed by atoms with van der Waals surface area (Å²) >= 11 is 0. The van der Waals surface area contributed by atoms with Gasteiger partial charge in [-0.25, -0.2) is 4.79 Å². The van der Waals surface area contributed by atoms with Crippen LogP contribution in [0.5, 0.6) is 0 Å². The van der Waals surface area contributed by atoms with Crippen molar-refractivity contribution in [2.75, 3.05) is 19.8 Å². The van der Waals surface area contributed by atoms with Gasteiger partial charge in [-0.1, -0.05) is 24.8 Å². The van der Waals surface area contributed by atoms with Crippen molar-refractivity contribution in [3.8, 4) is 0 Å². The van der Waals surface area contributed by atoms with Crippen molar-refractivity contribution in [3.63, 3.8) is 0 Å². The molecule has 3 heteroatoms. The van der Waals surface area contributed by atoms with E-state index in [1.807, 2.05) is 26.8 Å². The number of esters is 1. The monoisotopic (exact) mass is 224 g/mol. The van der Waals surface area contributed by atoms with E-state index < -0.39 is 5.97 Å². The number of carbonyl (C=O) groups excluding carboxylic acids is 1. The van der Waals surface area contributed by atoms with E-state index in [1.54, 1.807) is 0 Å². The van der Waals surface area contributed by atoms with Crippen LogP contribution in [0.3, 0.4) is 0 Å². The normalized spacial score (nSPS) is 11.1. The fraction of sp³-hybridized carbons (Fsp3) is 0.462. The van der Waals surface area contributed by atoms with E-state index >= 15 is 0 Å². The third-order valence-corrected chi connectivity index (χ3v) is 1.84. The lowest BCUT2D eigenvalue weighted by molar-refractivity contribution is -0.138. The van der Waals surface area contributed by atoms with Crippen LogP contribution in [0.15, 0.2) is 36.0 Å². The summed E-state index contributed by atoms with van der Waals surface area (Å²) in [5.41, 5.74) is 2.24. The second-order valence-corrected chi connectivity index (χ2v) is 3.76. The van der Waals surface area contributed by atoms with Crippen LogP contribution >= 0.6 is 0 Å². The predicted molar refractivity (Wildman–Crippen MR) is 65.2 cm³/mol. The molecule has 0 aromatic heterocycles. The molecule has 0 aromatic carbocycles. The van der Waals surface area contributed by atoms with Gasteiger partial charge in [0.15, 0.2) is 0 Å². The maximum atomic E-state index is 11.4. The third-order valence-electron chi connectivity index (χ3n) is 1.84. The van der Waals surface area contributed by atoms with Crippen LogP contribution in [-0.2, 0) is 14.3 Å². The second kappa shape index (κ2) is 7.88. The van der Waals surface area contributed by atoms with Gasteiger partial charge in [-0.15, -0.1) is 0 Å². The van der Waals surface area contributed by atoms with Crippen LogP contribution in [0, 0.1) is 0 Å². The van der Waals surface area contributed by atoms with Gasteiger partial charge < -0.3 is 9.47 Å². The number of rotatable bonds is 7. The van der Waals surface area contributed by atoms with Crippen molar-refractivity contribution in [1.29, 1.82) is 0 Å². The number of hydrogen-bond acceptors (Lipinski definition) is 3. The highest BCUT2D eigenvalue weighted by atomic mass is 16.5. The minimum absolute atomic E-state index is 0.181. The van der Waals surface area contributed by atoms with E-state index in [4.69, 9.17) is 9.47 Å². The number of carbonyl (C=O) groups is 1. The van der Waals surface area contributed by atoms with E-state index in [9.17, 15) is 4.79 Å². The van der Waals surface area contributed by atoms with Crippen LogP contribution in [0.4, 0.5) is 0 Å². The zero-order valence-corrected chi connectivity index (χ0v) is 10.3. The van der Waals surface area contributed by atoms with Gasteiger partial charge in [0.05, 0.1) is 18.8 Å². The average molecular weight is 224 g/mol. The van der Waals surface area contributed by atoms with Gasteiger partial charge >= 0.3 is 5.97 Å². The molecule has 0 rings (SSSR count). The van der Waals surface area contributed by atoms with Crippen LogP contribution < -0.4 is 0 Å². The van der Waals surface area contributed by atoms with Crippen LogP contribution in [-0.4, -0.2) is 25.8 Å². The molecule has 0 aromatic rings. The first-order chi connectivity index (χ1) is 7.47. The molecule has 0 aliphatic rings.